The zero-order valence-electron chi connectivity index (χ0n) is 16.9. The molecule has 0 aliphatic carbocycles. The van der Waals surface area contributed by atoms with Crippen molar-refractivity contribution in [2.75, 3.05) is 26.2 Å². The lowest BCUT2D eigenvalue weighted by Gasteiger charge is -2.38. The van der Waals surface area contributed by atoms with Crippen molar-refractivity contribution in [1.82, 2.24) is 24.4 Å². The minimum atomic E-state index is -0.141. The minimum Gasteiger partial charge on any atom is -0.492 e. The van der Waals surface area contributed by atoms with Crippen LogP contribution in [0, 0.1) is 0 Å². The topological polar surface area (TPSA) is 70.0 Å². The zero-order chi connectivity index (χ0) is 20.5. The number of benzene rings is 1. The van der Waals surface area contributed by atoms with Crippen molar-refractivity contribution in [2.45, 2.75) is 25.9 Å². The number of piperazine rings is 1. The summed E-state index contributed by atoms with van der Waals surface area (Å²) < 4.78 is 7.34. The molecular weight excluding hydrogens is 398 g/mol. The fourth-order valence-electron chi connectivity index (χ4n) is 4.06. The molecule has 4 heterocycles. The molecule has 1 aromatic carbocycles. The Bertz CT molecular complexity index is 1100. The molecule has 8 heteroatoms. The van der Waals surface area contributed by atoms with Crippen LogP contribution in [0.3, 0.4) is 0 Å². The highest BCUT2D eigenvalue weighted by Crippen LogP contribution is 2.40. The normalized spacial score (nSPS) is 17.0. The summed E-state index contributed by atoms with van der Waals surface area (Å²) in [7, 11) is 0. The average molecular weight is 424 g/mol. The van der Waals surface area contributed by atoms with E-state index in [0.29, 0.717) is 0 Å². The van der Waals surface area contributed by atoms with Crippen LogP contribution in [0.1, 0.15) is 35.0 Å². The molecule has 1 N–H and O–H groups in total. The van der Waals surface area contributed by atoms with E-state index in [1.54, 1.807) is 10.8 Å². The van der Waals surface area contributed by atoms with Crippen molar-refractivity contribution in [3.8, 4) is 5.88 Å². The summed E-state index contributed by atoms with van der Waals surface area (Å²) in [6, 6.07) is 14.3. The summed E-state index contributed by atoms with van der Waals surface area (Å²) in [6.45, 7) is 6.69. The lowest BCUT2D eigenvalue weighted by molar-refractivity contribution is 0.0970. The minimum absolute atomic E-state index is 0.141. The molecule has 0 radical (unpaired) electrons. The summed E-state index contributed by atoms with van der Waals surface area (Å²) in [4.78, 5) is 10.9. The van der Waals surface area contributed by atoms with Crippen LogP contribution >= 0.6 is 11.3 Å². The number of fused-ring (bicyclic) bond motifs is 1. The standard InChI is InChI=1S/C22H25N5O2S/c1-2-18-23-22-27(24-18)21(28)20(30-22)19(17-9-6-14-29-17)26-12-10-25(11-13-26)15-16-7-4-3-5-8-16/h3-9,14,19,28H,2,10-13,15H2,1H3. The van der Waals surface area contributed by atoms with Crippen molar-refractivity contribution in [1.29, 1.82) is 0 Å². The Morgan fingerprint density at radius 3 is 2.57 bits per heavy atom. The molecule has 4 aromatic rings. The fraction of sp³-hybridized carbons (Fsp3) is 0.364. The third kappa shape index (κ3) is 3.62. The Morgan fingerprint density at radius 2 is 1.90 bits per heavy atom. The van der Waals surface area contributed by atoms with Crippen LogP contribution in [-0.4, -0.2) is 55.7 Å². The van der Waals surface area contributed by atoms with Gasteiger partial charge in [-0.2, -0.15) is 4.52 Å². The number of rotatable bonds is 6. The van der Waals surface area contributed by atoms with Crippen molar-refractivity contribution >= 4 is 16.3 Å². The summed E-state index contributed by atoms with van der Waals surface area (Å²) in [6.07, 6.45) is 2.44. The van der Waals surface area contributed by atoms with Crippen molar-refractivity contribution in [3.63, 3.8) is 0 Å². The van der Waals surface area contributed by atoms with Crippen LogP contribution in [0.5, 0.6) is 5.88 Å². The molecule has 30 heavy (non-hydrogen) atoms. The van der Waals surface area contributed by atoms with E-state index in [0.717, 1.165) is 60.6 Å². The lowest BCUT2D eigenvalue weighted by Crippen LogP contribution is -2.47. The van der Waals surface area contributed by atoms with E-state index < -0.39 is 0 Å². The lowest BCUT2D eigenvalue weighted by atomic mass is 10.1. The van der Waals surface area contributed by atoms with Gasteiger partial charge in [0.05, 0.1) is 11.1 Å². The Hall–Kier alpha value is -2.68. The zero-order valence-corrected chi connectivity index (χ0v) is 17.8. The van der Waals surface area contributed by atoms with Gasteiger partial charge in [-0.1, -0.05) is 48.6 Å². The maximum Gasteiger partial charge on any atom is 0.230 e. The van der Waals surface area contributed by atoms with Gasteiger partial charge in [0.1, 0.15) is 11.8 Å². The molecule has 0 saturated carbocycles. The summed E-state index contributed by atoms with van der Waals surface area (Å²) in [5.74, 6) is 1.74. The van der Waals surface area contributed by atoms with Crippen molar-refractivity contribution in [3.05, 3.63) is 70.8 Å². The van der Waals surface area contributed by atoms with Crippen LogP contribution in [0.4, 0.5) is 0 Å². The second-order valence-electron chi connectivity index (χ2n) is 7.58. The maximum atomic E-state index is 10.9. The molecule has 0 spiro atoms. The van der Waals surface area contributed by atoms with Gasteiger partial charge in [-0.25, -0.2) is 4.98 Å². The average Bonchev–Trinajstić information content (AvgIpc) is 3.50. The number of hydrogen-bond donors (Lipinski definition) is 1. The highest BCUT2D eigenvalue weighted by atomic mass is 32.1. The van der Waals surface area contributed by atoms with E-state index >= 15 is 0 Å². The molecule has 1 aliphatic heterocycles. The maximum absolute atomic E-state index is 10.9. The number of aromatic nitrogens is 3. The molecule has 0 bridgehead atoms. The molecule has 1 unspecified atom stereocenters. The fourth-order valence-corrected chi connectivity index (χ4v) is 5.18. The van der Waals surface area contributed by atoms with E-state index in [1.807, 2.05) is 19.1 Å². The predicted molar refractivity (Wildman–Crippen MR) is 116 cm³/mol. The first kappa shape index (κ1) is 19.3. The molecule has 5 rings (SSSR count). The van der Waals surface area contributed by atoms with Crippen molar-refractivity contribution < 1.29 is 9.52 Å². The molecule has 7 nitrogen and oxygen atoms in total. The largest absolute Gasteiger partial charge is 0.492 e. The third-order valence-corrected chi connectivity index (χ3v) is 6.71. The quantitative estimate of drug-likeness (QED) is 0.511. The molecule has 0 amide bonds. The molecule has 1 saturated heterocycles. The number of aryl methyl sites for hydroxylation is 1. The summed E-state index contributed by atoms with van der Waals surface area (Å²) in [5, 5.41) is 15.4. The highest BCUT2D eigenvalue weighted by molar-refractivity contribution is 7.17. The van der Waals surface area contributed by atoms with E-state index in [-0.39, 0.29) is 11.9 Å². The number of furan rings is 1. The Balaban J connectivity index is 1.38. The van der Waals surface area contributed by atoms with Gasteiger partial charge < -0.3 is 9.52 Å². The van der Waals surface area contributed by atoms with Gasteiger partial charge in [0, 0.05) is 39.1 Å². The van der Waals surface area contributed by atoms with Gasteiger partial charge in [0.2, 0.25) is 10.8 Å². The molecule has 1 fully saturated rings. The highest BCUT2D eigenvalue weighted by Gasteiger charge is 2.33. The molecular formula is C22H25N5O2S. The Kier molecular flexibility index (Phi) is 5.28. The van der Waals surface area contributed by atoms with Gasteiger partial charge in [-0.05, 0) is 17.7 Å². The second kappa shape index (κ2) is 8.22. The van der Waals surface area contributed by atoms with E-state index in [1.165, 1.54) is 16.9 Å². The summed E-state index contributed by atoms with van der Waals surface area (Å²) in [5.41, 5.74) is 1.34. The van der Waals surface area contributed by atoms with Crippen LogP contribution < -0.4 is 0 Å². The number of aromatic hydroxyl groups is 1. The Labute approximate surface area is 179 Å². The smallest absolute Gasteiger partial charge is 0.230 e. The SMILES string of the molecule is CCc1nc2sc(C(c3ccco3)N3CCN(Cc4ccccc4)CC3)c(O)n2n1. The number of nitrogens with zero attached hydrogens (tertiary/aromatic N) is 5. The van der Waals surface area contributed by atoms with E-state index in [9.17, 15) is 5.11 Å². The van der Waals surface area contributed by atoms with Crippen LogP contribution in [-0.2, 0) is 13.0 Å². The predicted octanol–water partition coefficient (Wildman–Crippen LogP) is 3.56. The van der Waals surface area contributed by atoms with Gasteiger partial charge >= 0.3 is 0 Å². The summed E-state index contributed by atoms with van der Waals surface area (Å²) >= 11 is 1.49. The van der Waals surface area contributed by atoms with E-state index in [2.05, 4.69) is 50.2 Å². The van der Waals surface area contributed by atoms with Gasteiger partial charge in [0.25, 0.3) is 0 Å². The van der Waals surface area contributed by atoms with Gasteiger partial charge in [-0.3, -0.25) is 9.80 Å². The van der Waals surface area contributed by atoms with Crippen LogP contribution in [0.2, 0.25) is 0 Å². The number of thiazole rings is 1. The van der Waals surface area contributed by atoms with E-state index in [4.69, 9.17) is 4.42 Å². The van der Waals surface area contributed by atoms with Crippen LogP contribution in [0.25, 0.3) is 4.96 Å². The molecule has 1 atom stereocenters. The van der Waals surface area contributed by atoms with Gasteiger partial charge in [0.15, 0.2) is 5.82 Å². The van der Waals surface area contributed by atoms with Gasteiger partial charge in [-0.15, -0.1) is 5.10 Å². The Morgan fingerprint density at radius 1 is 1.10 bits per heavy atom. The number of hydrogen-bond acceptors (Lipinski definition) is 7. The van der Waals surface area contributed by atoms with Crippen molar-refractivity contribution in [2.24, 2.45) is 0 Å². The first-order valence-electron chi connectivity index (χ1n) is 10.3. The molecule has 156 valence electrons. The molecule has 3 aromatic heterocycles. The molecule has 1 aliphatic rings. The first-order valence-corrected chi connectivity index (χ1v) is 11.2. The van der Waals surface area contributed by atoms with Crippen LogP contribution in [0.15, 0.2) is 53.1 Å². The monoisotopic (exact) mass is 423 g/mol. The second-order valence-corrected chi connectivity index (χ2v) is 8.59. The third-order valence-electron chi connectivity index (χ3n) is 5.64. The first-order chi connectivity index (χ1) is 14.7.